The van der Waals surface area contributed by atoms with Gasteiger partial charge in [0.25, 0.3) is 0 Å². The Hall–Kier alpha value is -4.19. The molecule has 32 heavy (non-hydrogen) atoms. The van der Waals surface area contributed by atoms with Crippen molar-refractivity contribution in [2.45, 2.75) is 40.3 Å². The predicted octanol–water partition coefficient (Wildman–Crippen LogP) is 3.68. The number of aromatic nitrogens is 4. The molecule has 9 heteroatoms. The quantitative estimate of drug-likeness (QED) is 0.314. The minimum Gasteiger partial charge on any atom is -0.453 e. The third kappa shape index (κ3) is 5.49. The first-order chi connectivity index (χ1) is 15.4. The molecule has 0 radical (unpaired) electrons. The number of esters is 1. The van der Waals surface area contributed by atoms with Gasteiger partial charge in [-0.2, -0.15) is 20.2 Å². The monoisotopic (exact) mass is 431 g/mol. The Morgan fingerprint density at radius 1 is 1.25 bits per heavy atom. The number of hydrogen-bond acceptors (Lipinski definition) is 8. The highest BCUT2D eigenvalue weighted by Gasteiger charge is 2.15. The lowest BCUT2D eigenvalue weighted by Gasteiger charge is -2.08. The average molecular weight is 432 g/mol. The van der Waals surface area contributed by atoms with Crippen LogP contribution >= 0.6 is 0 Å². The van der Waals surface area contributed by atoms with Gasteiger partial charge in [-0.25, -0.2) is 4.79 Å². The van der Waals surface area contributed by atoms with E-state index in [0.29, 0.717) is 0 Å². The minimum absolute atomic E-state index is 0.0103. The van der Waals surface area contributed by atoms with Crippen molar-refractivity contribution in [2.75, 3.05) is 11.1 Å². The van der Waals surface area contributed by atoms with E-state index >= 15 is 0 Å². The van der Waals surface area contributed by atoms with Crippen molar-refractivity contribution in [3.63, 3.8) is 0 Å². The zero-order chi connectivity index (χ0) is 23.1. The molecule has 164 valence electrons. The molecule has 3 N–H and O–H groups in total. The SMILES string of the molecule is CCCn1c(C)cc(C=C(C#N)C(=O)OCc2nc(N)nc(Nc3ccccc3)n2)c1C. The van der Waals surface area contributed by atoms with Gasteiger partial charge in [-0.15, -0.1) is 0 Å². The molecular formula is C23H25N7O2. The van der Waals surface area contributed by atoms with Crippen LogP contribution in [-0.4, -0.2) is 25.5 Å². The zero-order valence-electron chi connectivity index (χ0n) is 18.3. The Kier molecular flexibility index (Phi) is 7.18. The van der Waals surface area contributed by atoms with Crippen LogP contribution in [0, 0.1) is 25.2 Å². The number of aryl methyl sites for hydroxylation is 1. The fraction of sp³-hybridized carbons (Fsp3) is 0.261. The number of nitrogen functional groups attached to an aromatic ring is 1. The molecule has 9 nitrogen and oxygen atoms in total. The summed E-state index contributed by atoms with van der Waals surface area (Å²) >= 11 is 0. The van der Waals surface area contributed by atoms with E-state index in [4.69, 9.17) is 10.5 Å². The molecule has 3 rings (SSSR count). The highest BCUT2D eigenvalue weighted by Crippen LogP contribution is 2.19. The molecule has 0 unspecified atom stereocenters. The Labute approximate surface area is 186 Å². The van der Waals surface area contributed by atoms with Gasteiger partial charge < -0.3 is 20.4 Å². The zero-order valence-corrected chi connectivity index (χ0v) is 18.3. The van der Waals surface area contributed by atoms with Crippen molar-refractivity contribution in [2.24, 2.45) is 0 Å². The van der Waals surface area contributed by atoms with Crippen LogP contribution in [0.5, 0.6) is 0 Å². The van der Waals surface area contributed by atoms with E-state index in [1.165, 1.54) is 0 Å². The molecule has 2 aromatic heterocycles. The summed E-state index contributed by atoms with van der Waals surface area (Å²) in [5, 5.41) is 12.5. The van der Waals surface area contributed by atoms with Crippen LogP contribution in [0.4, 0.5) is 17.6 Å². The number of hydrogen-bond donors (Lipinski definition) is 2. The summed E-state index contributed by atoms with van der Waals surface area (Å²) in [6.07, 6.45) is 2.53. The van der Waals surface area contributed by atoms with Gasteiger partial charge in [0.1, 0.15) is 11.6 Å². The first kappa shape index (κ1) is 22.5. The second-order valence-corrected chi connectivity index (χ2v) is 7.15. The lowest BCUT2D eigenvalue weighted by atomic mass is 10.1. The van der Waals surface area contributed by atoms with Crippen LogP contribution < -0.4 is 11.1 Å². The van der Waals surface area contributed by atoms with Gasteiger partial charge in [-0.05, 0) is 50.1 Å². The molecule has 0 bridgehead atoms. The molecule has 0 spiro atoms. The first-order valence-electron chi connectivity index (χ1n) is 10.2. The summed E-state index contributed by atoms with van der Waals surface area (Å²) in [7, 11) is 0. The van der Waals surface area contributed by atoms with Crippen molar-refractivity contribution >= 4 is 29.6 Å². The van der Waals surface area contributed by atoms with Crippen molar-refractivity contribution in [3.05, 3.63) is 64.7 Å². The second-order valence-electron chi connectivity index (χ2n) is 7.15. The van der Waals surface area contributed by atoms with Crippen LogP contribution in [-0.2, 0) is 22.7 Å². The van der Waals surface area contributed by atoms with E-state index in [1.54, 1.807) is 6.08 Å². The van der Waals surface area contributed by atoms with Crippen LogP contribution in [0.25, 0.3) is 6.08 Å². The van der Waals surface area contributed by atoms with E-state index in [1.807, 2.05) is 56.3 Å². The summed E-state index contributed by atoms with van der Waals surface area (Å²) in [6, 6.07) is 13.2. The van der Waals surface area contributed by atoms with Gasteiger partial charge in [0.05, 0.1) is 0 Å². The maximum atomic E-state index is 12.5. The summed E-state index contributed by atoms with van der Waals surface area (Å²) in [6.45, 7) is 6.68. The molecular weight excluding hydrogens is 406 g/mol. The van der Waals surface area contributed by atoms with Crippen molar-refractivity contribution in [1.82, 2.24) is 19.5 Å². The first-order valence-corrected chi connectivity index (χ1v) is 10.2. The van der Waals surface area contributed by atoms with Crippen molar-refractivity contribution in [3.8, 4) is 6.07 Å². The number of rotatable bonds is 8. The van der Waals surface area contributed by atoms with Gasteiger partial charge >= 0.3 is 5.97 Å². The highest BCUT2D eigenvalue weighted by atomic mass is 16.5. The third-order valence-corrected chi connectivity index (χ3v) is 4.76. The average Bonchev–Trinajstić information content (AvgIpc) is 3.04. The maximum absolute atomic E-state index is 12.5. The molecule has 2 heterocycles. The Balaban J connectivity index is 1.72. The number of para-hydroxylation sites is 1. The van der Waals surface area contributed by atoms with E-state index < -0.39 is 5.97 Å². The molecule has 1 aromatic carbocycles. The van der Waals surface area contributed by atoms with Gasteiger partial charge in [0.15, 0.2) is 12.4 Å². The van der Waals surface area contributed by atoms with Gasteiger partial charge in [0.2, 0.25) is 11.9 Å². The normalized spacial score (nSPS) is 11.1. The fourth-order valence-corrected chi connectivity index (χ4v) is 3.25. The number of carbonyl (C=O) groups is 1. The molecule has 0 aliphatic rings. The van der Waals surface area contributed by atoms with E-state index in [2.05, 4.69) is 31.8 Å². The van der Waals surface area contributed by atoms with Gasteiger partial charge in [-0.1, -0.05) is 25.1 Å². The van der Waals surface area contributed by atoms with E-state index in [-0.39, 0.29) is 29.9 Å². The number of nitrogens with two attached hydrogens (primary N) is 1. The molecule has 0 fully saturated rings. The number of ether oxygens (including phenoxy) is 1. The Morgan fingerprint density at radius 3 is 2.69 bits per heavy atom. The van der Waals surface area contributed by atoms with Crippen molar-refractivity contribution in [1.29, 1.82) is 5.26 Å². The Morgan fingerprint density at radius 2 is 2.00 bits per heavy atom. The summed E-state index contributed by atoms with van der Waals surface area (Å²) in [4.78, 5) is 24.8. The molecule has 0 aliphatic carbocycles. The highest BCUT2D eigenvalue weighted by molar-refractivity contribution is 5.98. The fourth-order valence-electron chi connectivity index (χ4n) is 3.25. The predicted molar refractivity (Wildman–Crippen MR) is 122 cm³/mol. The molecule has 0 saturated carbocycles. The molecule has 0 amide bonds. The standard InChI is InChI=1S/C23H25N7O2/c1-4-10-30-15(2)11-17(16(30)3)12-18(13-24)21(31)32-14-20-27-22(25)29-23(28-20)26-19-8-6-5-7-9-19/h5-9,11-12H,4,10,14H2,1-3H3,(H3,25,26,27,28,29). The van der Waals surface area contributed by atoms with Crippen LogP contribution in [0.3, 0.4) is 0 Å². The number of nitriles is 1. The number of nitrogens with one attached hydrogen (secondary N) is 1. The molecule has 0 saturated heterocycles. The summed E-state index contributed by atoms with van der Waals surface area (Å²) < 4.78 is 7.42. The van der Waals surface area contributed by atoms with E-state index in [9.17, 15) is 10.1 Å². The number of anilines is 3. The third-order valence-electron chi connectivity index (χ3n) is 4.76. The van der Waals surface area contributed by atoms with E-state index in [0.717, 1.165) is 35.6 Å². The number of benzene rings is 1. The molecule has 0 aliphatic heterocycles. The van der Waals surface area contributed by atoms with Crippen LogP contribution in [0.2, 0.25) is 0 Å². The summed E-state index contributed by atoms with van der Waals surface area (Å²) in [5.74, 6) is -0.370. The second kappa shape index (κ2) is 10.2. The van der Waals surface area contributed by atoms with Crippen LogP contribution in [0.15, 0.2) is 42.0 Å². The topological polar surface area (TPSA) is 132 Å². The smallest absolute Gasteiger partial charge is 0.349 e. The van der Waals surface area contributed by atoms with Gasteiger partial charge in [-0.3, -0.25) is 0 Å². The molecule has 3 aromatic rings. The Bertz CT molecular complexity index is 1180. The lowest BCUT2D eigenvalue weighted by Crippen LogP contribution is -2.12. The lowest BCUT2D eigenvalue weighted by molar-refractivity contribution is -0.139. The number of carbonyl (C=O) groups excluding carboxylic acids is 1. The maximum Gasteiger partial charge on any atom is 0.349 e. The summed E-state index contributed by atoms with van der Waals surface area (Å²) in [5.41, 5.74) is 9.30. The van der Waals surface area contributed by atoms with Crippen LogP contribution in [0.1, 0.15) is 36.1 Å². The van der Waals surface area contributed by atoms with Crippen molar-refractivity contribution < 1.29 is 9.53 Å². The largest absolute Gasteiger partial charge is 0.453 e. The molecule has 0 atom stereocenters. The number of nitrogens with zero attached hydrogens (tertiary/aromatic N) is 5. The van der Waals surface area contributed by atoms with Gasteiger partial charge in [0, 0.05) is 23.6 Å². The minimum atomic E-state index is -0.760.